The van der Waals surface area contributed by atoms with E-state index in [0.717, 1.165) is 27.7 Å². The Morgan fingerprint density at radius 1 is 1.10 bits per heavy atom. The third kappa shape index (κ3) is 5.27. The first-order valence-corrected chi connectivity index (χ1v) is 9.07. The highest BCUT2D eigenvalue weighted by atomic mass is 32.2. The molecule has 0 bridgehead atoms. The van der Waals surface area contributed by atoms with Gasteiger partial charge in [0.15, 0.2) is 5.16 Å². The Kier molecular flexibility index (Phi) is 6.93. The van der Waals surface area contributed by atoms with Crippen LogP contribution in [-0.2, 0) is 0 Å². The Bertz CT molecular complexity index is 539. The standard InChI is InChI=1S/C17H26N2OS/c1-3-5-6-7-8-9-12-21-17-18-15-11-10-14(20-4-2)13-16(15)19-17/h10-11,13H,3-9,12H2,1-2H3,(H,18,19). The molecule has 0 aliphatic carbocycles. The van der Waals surface area contributed by atoms with Gasteiger partial charge in [0.1, 0.15) is 5.75 Å². The minimum Gasteiger partial charge on any atom is -0.494 e. The Labute approximate surface area is 131 Å². The topological polar surface area (TPSA) is 37.9 Å². The van der Waals surface area contributed by atoms with Gasteiger partial charge in [-0.1, -0.05) is 50.8 Å². The Morgan fingerprint density at radius 2 is 1.90 bits per heavy atom. The summed E-state index contributed by atoms with van der Waals surface area (Å²) in [5.74, 6) is 2.05. The number of nitrogens with zero attached hydrogens (tertiary/aromatic N) is 1. The van der Waals surface area contributed by atoms with Gasteiger partial charge in [-0.2, -0.15) is 0 Å². The van der Waals surface area contributed by atoms with Crippen molar-refractivity contribution >= 4 is 22.8 Å². The molecular formula is C17H26N2OS. The number of nitrogens with one attached hydrogen (secondary N) is 1. The minimum absolute atomic E-state index is 0.694. The average Bonchev–Trinajstić information content (AvgIpc) is 2.88. The van der Waals surface area contributed by atoms with E-state index in [-0.39, 0.29) is 0 Å². The van der Waals surface area contributed by atoms with Gasteiger partial charge in [-0.25, -0.2) is 4.98 Å². The molecule has 0 aliphatic rings. The maximum Gasteiger partial charge on any atom is 0.166 e. The zero-order valence-electron chi connectivity index (χ0n) is 13.2. The first-order valence-electron chi connectivity index (χ1n) is 8.09. The van der Waals surface area contributed by atoms with Crippen LogP contribution >= 0.6 is 11.8 Å². The lowest BCUT2D eigenvalue weighted by molar-refractivity contribution is 0.340. The number of imidazole rings is 1. The SMILES string of the molecule is CCCCCCCCSc1nc2ccc(OCC)cc2[nH]1. The van der Waals surface area contributed by atoms with Crippen molar-refractivity contribution in [1.29, 1.82) is 0 Å². The fourth-order valence-corrected chi connectivity index (χ4v) is 3.23. The normalized spacial score (nSPS) is 11.1. The molecule has 0 aliphatic heterocycles. The average molecular weight is 306 g/mol. The van der Waals surface area contributed by atoms with Crippen LogP contribution in [0.1, 0.15) is 52.4 Å². The summed E-state index contributed by atoms with van der Waals surface area (Å²) in [7, 11) is 0. The second kappa shape index (κ2) is 8.98. The maximum atomic E-state index is 5.51. The van der Waals surface area contributed by atoms with E-state index in [4.69, 9.17) is 4.74 Å². The number of unbranched alkanes of at least 4 members (excludes halogenated alkanes) is 5. The molecule has 0 radical (unpaired) electrons. The molecular weight excluding hydrogens is 280 g/mol. The van der Waals surface area contributed by atoms with E-state index in [1.807, 2.05) is 36.9 Å². The molecule has 1 aromatic carbocycles. The van der Waals surface area contributed by atoms with E-state index in [1.165, 1.54) is 38.5 Å². The van der Waals surface area contributed by atoms with Crippen LogP contribution in [0, 0.1) is 0 Å². The van der Waals surface area contributed by atoms with Gasteiger partial charge in [-0.15, -0.1) is 0 Å². The number of fused-ring (bicyclic) bond motifs is 1. The van der Waals surface area contributed by atoms with Crippen molar-refractivity contribution in [2.45, 2.75) is 57.5 Å². The molecule has 21 heavy (non-hydrogen) atoms. The molecule has 0 amide bonds. The smallest absolute Gasteiger partial charge is 0.166 e. The van der Waals surface area contributed by atoms with Gasteiger partial charge in [0, 0.05) is 11.8 Å². The molecule has 4 heteroatoms. The lowest BCUT2D eigenvalue weighted by Crippen LogP contribution is -1.90. The van der Waals surface area contributed by atoms with Gasteiger partial charge in [0.25, 0.3) is 0 Å². The van der Waals surface area contributed by atoms with Crippen molar-refractivity contribution in [3.8, 4) is 5.75 Å². The Hall–Kier alpha value is -1.16. The van der Waals surface area contributed by atoms with E-state index < -0.39 is 0 Å². The zero-order chi connectivity index (χ0) is 14.9. The number of H-pyrrole nitrogens is 1. The third-order valence-corrected chi connectivity index (χ3v) is 4.44. The highest BCUT2D eigenvalue weighted by molar-refractivity contribution is 7.99. The van der Waals surface area contributed by atoms with Crippen LogP contribution in [0.3, 0.4) is 0 Å². The first-order chi connectivity index (χ1) is 10.3. The summed E-state index contributed by atoms with van der Waals surface area (Å²) in [5.41, 5.74) is 2.08. The van der Waals surface area contributed by atoms with Crippen LogP contribution in [-0.4, -0.2) is 22.3 Å². The van der Waals surface area contributed by atoms with E-state index >= 15 is 0 Å². The lowest BCUT2D eigenvalue weighted by atomic mass is 10.1. The van der Waals surface area contributed by atoms with Crippen molar-refractivity contribution in [1.82, 2.24) is 9.97 Å². The molecule has 0 saturated carbocycles. The molecule has 116 valence electrons. The molecule has 2 aromatic rings. The lowest BCUT2D eigenvalue weighted by Gasteiger charge is -2.00. The van der Waals surface area contributed by atoms with Crippen molar-refractivity contribution in [2.75, 3.05) is 12.4 Å². The van der Waals surface area contributed by atoms with Crippen LogP contribution in [0.15, 0.2) is 23.4 Å². The second-order valence-corrected chi connectivity index (χ2v) is 6.35. The van der Waals surface area contributed by atoms with Gasteiger partial charge in [-0.05, 0) is 25.5 Å². The van der Waals surface area contributed by atoms with E-state index in [2.05, 4.69) is 16.9 Å². The number of benzene rings is 1. The third-order valence-electron chi connectivity index (χ3n) is 3.48. The molecule has 0 spiro atoms. The molecule has 3 nitrogen and oxygen atoms in total. The van der Waals surface area contributed by atoms with Crippen molar-refractivity contribution < 1.29 is 4.74 Å². The Morgan fingerprint density at radius 3 is 2.71 bits per heavy atom. The van der Waals surface area contributed by atoms with Crippen LogP contribution < -0.4 is 4.74 Å². The number of hydrogen-bond donors (Lipinski definition) is 1. The minimum atomic E-state index is 0.694. The van der Waals surface area contributed by atoms with E-state index in [0.29, 0.717) is 6.61 Å². The maximum absolute atomic E-state index is 5.51. The fourth-order valence-electron chi connectivity index (χ4n) is 2.34. The van der Waals surface area contributed by atoms with Crippen LogP contribution in [0.25, 0.3) is 11.0 Å². The summed E-state index contributed by atoms with van der Waals surface area (Å²) in [6.07, 6.45) is 8.05. The van der Waals surface area contributed by atoms with Crippen LogP contribution in [0.2, 0.25) is 0 Å². The van der Waals surface area contributed by atoms with Crippen LogP contribution in [0.4, 0.5) is 0 Å². The van der Waals surface area contributed by atoms with E-state index in [9.17, 15) is 0 Å². The molecule has 0 atom stereocenters. The summed E-state index contributed by atoms with van der Waals surface area (Å²) >= 11 is 1.82. The van der Waals surface area contributed by atoms with E-state index in [1.54, 1.807) is 0 Å². The monoisotopic (exact) mass is 306 g/mol. The zero-order valence-corrected chi connectivity index (χ0v) is 14.0. The molecule has 0 unspecified atom stereocenters. The second-order valence-electron chi connectivity index (χ2n) is 5.27. The molecule has 2 rings (SSSR count). The van der Waals surface area contributed by atoms with Gasteiger partial charge >= 0.3 is 0 Å². The number of hydrogen-bond acceptors (Lipinski definition) is 3. The number of thioether (sulfide) groups is 1. The van der Waals surface area contributed by atoms with Gasteiger partial charge < -0.3 is 9.72 Å². The van der Waals surface area contributed by atoms with Gasteiger partial charge in [0.2, 0.25) is 0 Å². The van der Waals surface area contributed by atoms with Gasteiger partial charge in [-0.3, -0.25) is 0 Å². The summed E-state index contributed by atoms with van der Waals surface area (Å²) in [6.45, 7) is 4.95. The van der Waals surface area contributed by atoms with Gasteiger partial charge in [0.05, 0.1) is 17.6 Å². The summed E-state index contributed by atoms with van der Waals surface area (Å²) < 4.78 is 5.51. The molecule has 0 fully saturated rings. The number of aromatic amines is 1. The van der Waals surface area contributed by atoms with Crippen LogP contribution in [0.5, 0.6) is 5.75 Å². The summed E-state index contributed by atoms with van der Waals surface area (Å²) in [4.78, 5) is 7.99. The fraction of sp³-hybridized carbons (Fsp3) is 0.588. The number of rotatable bonds is 10. The van der Waals surface area contributed by atoms with Crippen molar-refractivity contribution in [3.63, 3.8) is 0 Å². The predicted molar refractivity (Wildman–Crippen MR) is 91.4 cm³/mol. The van der Waals surface area contributed by atoms with Crippen molar-refractivity contribution in [2.24, 2.45) is 0 Å². The largest absolute Gasteiger partial charge is 0.494 e. The first kappa shape index (κ1) is 16.2. The predicted octanol–water partition coefficient (Wildman–Crippen LogP) is 5.41. The summed E-state index contributed by atoms with van der Waals surface area (Å²) in [6, 6.07) is 6.03. The molecule has 0 saturated heterocycles. The highest BCUT2D eigenvalue weighted by Crippen LogP contribution is 2.24. The quantitative estimate of drug-likeness (QED) is 0.471. The molecule has 1 heterocycles. The Balaban J connectivity index is 1.77. The molecule has 1 N–H and O–H groups in total. The highest BCUT2D eigenvalue weighted by Gasteiger charge is 2.04. The molecule has 1 aromatic heterocycles. The summed E-state index contributed by atoms with van der Waals surface area (Å²) in [5, 5.41) is 1.02. The number of ether oxygens (including phenoxy) is 1. The van der Waals surface area contributed by atoms with Crippen molar-refractivity contribution in [3.05, 3.63) is 18.2 Å². The number of aromatic nitrogens is 2.